The Morgan fingerprint density at radius 1 is 1.18 bits per heavy atom. The number of methoxy groups -OCH3 is 1. The Kier molecular flexibility index (Phi) is 5.45. The molecule has 9 nitrogen and oxygen atoms in total. The number of aromatic nitrogens is 4. The molecule has 0 amide bonds. The van der Waals surface area contributed by atoms with Crippen LogP contribution in [0, 0.1) is 5.41 Å². The van der Waals surface area contributed by atoms with Crippen LogP contribution in [-0.2, 0) is 0 Å². The number of anilines is 2. The molecule has 0 spiro atoms. The predicted octanol–water partition coefficient (Wildman–Crippen LogP) is 3.70. The van der Waals surface area contributed by atoms with E-state index < -0.39 is 0 Å². The van der Waals surface area contributed by atoms with Crippen LogP contribution in [0.1, 0.15) is 48.8 Å². The van der Waals surface area contributed by atoms with Gasteiger partial charge in [-0.1, -0.05) is 12.1 Å². The fraction of sp³-hybridized carbons (Fsp3) is 0.240. The van der Waals surface area contributed by atoms with Crippen molar-refractivity contribution in [2.45, 2.75) is 31.8 Å². The van der Waals surface area contributed by atoms with E-state index >= 15 is 0 Å². The van der Waals surface area contributed by atoms with Crippen molar-refractivity contribution in [1.29, 1.82) is 5.41 Å². The third-order valence-electron chi connectivity index (χ3n) is 5.99. The summed E-state index contributed by atoms with van der Waals surface area (Å²) in [7, 11) is 1.59. The maximum Gasteiger partial charge on any atom is 0.261 e. The van der Waals surface area contributed by atoms with Crippen molar-refractivity contribution in [3.05, 3.63) is 82.2 Å². The number of nitrogens with zero attached hydrogens (tertiary/aromatic N) is 4. The molecule has 1 aliphatic carbocycles. The zero-order valence-corrected chi connectivity index (χ0v) is 18.9. The van der Waals surface area contributed by atoms with Crippen LogP contribution in [0.2, 0.25) is 0 Å². The number of para-hydroxylation sites is 1. The van der Waals surface area contributed by atoms with Crippen molar-refractivity contribution in [2.75, 3.05) is 18.2 Å². The van der Waals surface area contributed by atoms with Gasteiger partial charge in [0.05, 0.1) is 35.3 Å². The van der Waals surface area contributed by atoms with Crippen molar-refractivity contribution in [3.63, 3.8) is 0 Å². The lowest BCUT2D eigenvalue weighted by Crippen LogP contribution is -2.28. The van der Waals surface area contributed by atoms with Crippen molar-refractivity contribution < 1.29 is 4.74 Å². The van der Waals surface area contributed by atoms with Crippen molar-refractivity contribution in [2.24, 2.45) is 0 Å². The number of nitrogens with two attached hydrogens (primary N) is 1. The van der Waals surface area contributed by atoms with E-state index in [1.54, 1.807) is 35.9 Å². The molecule has 1 saturated carbocycles. The summed E-state index contributed by atoms with van der Waals surface area (Å²) in [5, 5.41) is 12.7. The van der Waals surface area contributed by atoms with Gasteiger partial charge >= 0.3 is 0 Å². The van der Waals surface area contributed by atoms with E-state index in [0.29, 0.717) is 39.4 Å². The molecule has 0 saturated heterocycles. The van der Waals surface area contributed by atoms with Gasteiger partial charge in [0.2, 0.25) is 0 Å². The van der Waals surface area contributed by atoms with Gasteiger partial charge in [0.25, 0.3) is 5.56 Å². The fourth-order valence-corrected chi connectivity index (χ4v) is 4.08. The van der Waals surface area contributed by atoms with Crippen LogP contribution in [0.25, 0.3) is 10.9 Å². The number of nitrogen functional groups attached to an aromatic ring is 1. The fourth-order valence-electron chi connectivity index (χ4n) is 4.08. The van der Waals surface area contributed by atoms with Gasteiger partial charge in [0.1, 0.15) is 29.5 Å². The van der Waals surface area contributed by atoms with Gasteiger partial charge in [-0.25, -0.2) is 15.0 Å². The topological polar surface area (TPSA) is 132 Å². The van der Waals surface area contributed by atoms with Crippen molar-refractivity contribution in [3.8, 4) is 5.75 Å². The maximum atomic E-state index is 13.3. The monoisotopic (exact) mass is 455 g/mol. The summed E-state index contributed by atoms with van der Waals surface area (Å²) in [5.74, 6) is 1.92. The van der Waals surface area contributed by atoms with Crippen LogP contribution in [0.15, 0.2) is 59.7 Å². The Labute approximate surface area is 196 Å². The predicted molar refractivity (Wildman–Crippen MR) is 132 cm³/mol. The van der Waals surface area contributed by atoms with Gasteiger partial charge in [0.15, 0.2) is 0 Å². The van der Waals surface area contributed by atoms with Crippen molar-refractivity contribution in [1.82, 2.24) is 19.5 Å². The summed E-state index contributed by atoms with van der Waals surface area (Å²) in [6.45, 7) is 1.93. The van der Waals surface area contributed by atoms with Crippen LogP contribution in [-0.4, -0.2) is 32.3 Å². The Hall–Kier alpha value is -4.27. The van der Waals surface area contributed by atoms with E-state index in [4.69, 9.17) is 20.9 Å². The minimum Gasteiger partial charge on any atom is -0.497 e. The standard InChI is InChI=1S/C25H25N7O2/c1-14(24-31-19-6-4-3-5-18(19)25(33)32(24)16-9-10-16)30-23-20(22(27)28-13-29-23)21(26)15-7-11-17(34-2)12-8-15/h3-8,11-14,16,26H,9-10H2,1-2H3,(H3,27,28,29,30). The van der Waals surface area contributed by atoms with Gasteiger partial charge in [-0.05, 0) is 56.2 Å². The first-order valence-electron chi connectivity index (χ1n) is 11.1. The molecule has 1 atom stereocenters. The van der Waals surface area contributed by atoms with Gasteiger partial charge < -0.3 is 15.8 Å². The van der Waals surface area contributed by atoms with Gasteiger partial charge in [-0.2, -0.15) is 0 Å². The molecule has 34 heavy (non-hydrogen) atoms. The molecule has 1 unspecified atom stereocenters. The second-order valence-electron chi connectivity index (χ2n) is 8.35. The molecule has 4 aromatic rings. The lowest BCUT2D eigenvalue weighted by molar-refractivity contribution is 0.415. The van der Waals surface area contributed by atoms with E-state index in [1.807, 2.05) is 31.2 Å². The third kappa shape index (κ3) is 3.85. The molecule has 0 bridgehead atoms. The molecule has 5 rings (SSSR count). The number of hydrogen-bond donors (Lipinski definition) is 3. The van der Waals surface area contributed by atoms with E-state index in [2.05, 4.69) is 15.3 Å². The maximum absolute atomic E-state index is 13.3. The normalized spacial score (nSPS) is 14.1. The molecule has 9 heteroatoms. The largest absolute Gasteiger partial charge is 0.497 e. The van der Waals surface area contributed by atoms with Gasteiger partial charge in [-0.15, -0.1) is 0 Å². The molecular weight excluding hydrogens is 430 g/mol. The van der Waals surface area contributed by atoms with Crippen LogP contribution < -0.4 is 21.3 Å². The lowest BCUT2D eigenvalue weighted by atomic mass is 10.0. The second-order valence-corrected chi connectivity index (χ2v) is 8.35. The average Bonchev–Trinajstić information content (AvgIpc) is 3.69. The summed E-state index contributed by atoms with van der Waals surface area (Å²) in [6, 6.07) is 14.3. The highest BCUT2D eigenvalue weighted by molar-refractivity contribution is 6.16. The first-order chi connectivity index (χ1) is 16.5. The molecule has 2 heterocycles. The van der Waals surface area contributed by atoms with Crippen LogP contribution >= 0.6 is 0 Å². The molecule has 4 N–H and O–H groups in total. The summed E-state index contributed by atoms with van der Waals surface area (Å²) < 4.78 is 7.00. The molecule has 172 valence electrons. The Balaban J connectivity index is 1.54. The highest BCUT2D eigenvalue weighted by atomic mass is 16.5. The Bertz CT molecular complexity index is 1440. The summed E-state index contributed by atoms with van der Waals surface area (Å²) in [6.07, 6.45) is 3.26. The highest BCUT2D eigenvalue weighted by Gasteiger charge is 2.30. The minimum absolute atomic E-state index is 0.0369. The zero-order chi connectivity index (χ0) is 23.8. The van der Waals surface area contributed by atoms with Crippen LogP contribution in [0.4, 0.5) is 11.6 Å². The number of benzene rings is 2. The average molecular weight is 456 g/mol. The Morgan fingerprint density at radius 3 is 2.62 bits per heavy atom. The molecule has 1 aliphatic rings. The molecule has 1 fully saturated rings. The van der Waals surface area contributed by atoms with Crippen LogP contribution in [0.3, 0.4) is 0 Å². The SMILES string of the molecule is COc1ccc(C(=N)c2c(N)ncnc2NC(C)c2nc3ccccc3c(=O)n2C2CC2)cc1. The number of nitrogens with one attached hydrogen (secondary N) is 2. The zero-order valence-electron chi connectivity index (χ0n) is 18.9. The first kappa shape index (κ1) is 21.6. The third-order valence-corrected chi connectivity index (χ3v) is 5.99. The number of ether oxygens (including phenoxy) is 1. The summed E-state index contributed by atoms with van der Waals surface area (Å²) in [4.78, 5) is 26.6. The van der Waals surface area contributed by atoms with E-state index in [9.17, 15) is 4.79 Å². The summed E-state index contributed by atoms with van der Waals surface area (Å²) >= 11 is 0. The van der Waals surface area contributed by atoms with E-state index in [-0.39, 0.29) is 29.2 Å². The number of hydrogen-bond acceptors (Lipinski definition) is 8. The molecule has 2 aromatic carbocycles. The van der Waals surface area contributed by atoms with Crippen LogP contribution in [0.5, 0.6) is 5.75 Å². The van der Waals surface area contributed by atoms with Gasteiger partial charge in [0, 0.05) is 11.6 Å². The van der Waals surface area contributed by atoms with E-state index in [0.717, 1.165) is 12.8 Å². The highest BCUT2D eigenvalue weighted by Crippen LogP contribution is 2.36. The molecule has 0 aliphatic heterocycles. The minimum atomic E-state index is -0.366. The number of rotatable bonds is 7. The second kappa shape index (κ2) is 8.58. The summed E-state index contributed by atoms with van der Waals surface area (Å²) in [5.41, 5.74) is 8.03. The quantitative estimate of drug-likeness (QED) is 0.362. The lowest BCUT2D eigenvalue weighted by Gasteiger charge is -2.21. The smallest absolute Gasteiger partial charge is 0.261 e. The first-order valence-corrected chi connectivity index (χ1v) is 11.1. The number of fused-ring (bicyclic) bond motifs is 1. The van der Waals surface area contributed by atoms with Gasteiger partial charge in [-0.3, -0.25) is 14.8 Å². The Morgan fingerprint density at radius 2 is 1.91 bits per heavy atom. The molecule has 0 radical (unpaired) electrons. The molecule has 2 aromatic heterocycles. The van der Waals surface area contributed by atoms with Crippen molar-refractivity contribution >= 4 is 28.3 Å². The van der Waals surface area contributed by atoms with E-state index in [1.165, 1.54) is 6.33 Å². The molecular formula is C25H25N7O2.